The molecule has 0 nitrogen and oxygen atoms in total. The SMILES string of the molecule is C[CH2][Bi]([CH2]C)([CH2]C)[CH2]C. The molecule has 0 saturated carbocycles. The van der Waals surface area contributed by atoms with Crippen LogP contribution in [0.5, 0.6) is 0 Å². The van der Waals surface area contributed by atoms with Crippen LogP contribution < -0.4 is 0 Å². The van der Waals surface area contributed by atoms with Gasteiger partial charge in [-0.2, -0.15) is 0 Å². The zero-order chi connectivity index (χ0) is 7.33. The number of hydrogen-bond acceptors (Lipinski definition) is 0. The molecule has 0 aromatic carbocycles. The van der Waals surface area contributed by atoms with E-state index in [1.165, 1.54) is 0 Å². The first kappa shape index (κ1) is 9.88. The summed E-state index contributed by atoms with van der Waals surface area (Å²) in [5.74, 6) is 0. The molecule has 0 aromatic rings. The van der Waals surface area contributed by atoms with Crippen LogP contribution in [0, 0.1) is 0 Å². The molecule has 0 atom stereocenters. The van der Waals surface area contributed by atoms with Gasteiger partial charge in [0.2, 0.25) is 0 Å². The van der Waals surface area contributed by atoms with Crippen molar-refractivity contribution in [2.75, 3.05) is 0 Å². The van der Waals surface area contributed by atoms with Crippen LogP contribution in [0.3, 0.4) is 0 Å². The van der Waals surface area contributed by atoms with Gasteiger partial charge in [-0.05, 0) is 0 Å². The molecule has 0 fully saturated rings. The van der Waals surface area contributed by atoms with Crippen LogP contribution in [0.4, 0.5) is 0 Å². The molecule has 0 saturated heterocycles. The van der Waals surface area contributed by atoms with E-state index < -0.39 is 20.3 Å². The first-order valence-electron chi connectivity index (χ1n) is 4.09. The van der Waals surface area contributed by atoms with E-state index in [1.54, 1.807) is 16.5 Å². The normalized spacial score (nSPS) is 12.0. The number of rotatable bonds is 4. The van der Waals surface area contributed by atoms with Crippen molar-refractivity contribution < 1.29 is 0 Å². The molecule has 0 unspecified atom stereocenters. The minimum atomic E-state index is -1.44. The zero-order valence-electron chi connectivity index (χ0n) is 7.28. The molecule has 1 heteroatoms. The molecular weight excluding hydrogens is 305 g/mol. The van der Waals surface area contributed by atoms with Gasteiger partial charge in [0.05, 0.1) is 0 Å². The van der Waals surface area contributed by atoms with Crippen LogP contribution in [-0.2, 0) is 0 Å². The Morgan fingerprint density at radius 3 is 0.889 bits per heavy atom. The van der Waals surface area contributed by atoms with Crippen molar-refractivity contribution in [3.8, 4) is 0 Å². The molecule has 0 bridgehead atoms. The third-order valence-electron chi connectivity index (χ3n) is 2.68. The average molecular weight is 325 g/mol. The van der Waals surface area contributed by atoms with Crippen molar-refractivity contribution in [1.29, 1.82) is 0 Å². The van der Waals surface area contributed by atoms with Gasteiger partial charge in [-0.15, -0.1) is 0 Å². The van der Waals surface area contributed by atoms with Gasteiger partial charge in [0.25, 0.3) is 0 Å². The third kappa shape index (κ3) is 2.54. The van der Waals surface area contributed by atoms with Crippen LogP contribution >= 0.6 is 0 Å². The molecule has 0 aliphatic heterocycles. The fourth-order valence-electron chi connectivity index (χ4n) is 1.34. The monoisotopic (exact) mass is 325 g/mol. The Bertz CT molecular complexity index is 47.5. The van der Waals surface area contributed by atoms with Crippen molar-refractivity contribution in [1.82, 2.24) is 0 Å². The first-order valence-corrected chi connectivity index (χ1v) is 13.9. The van der Waals surface area contributed by atoms with E-state index in [2.05, 4.69) is 27.7 Å². The maximum absolute atomic E-state index is 2.40. The number of hydrogen-bond donors (Lipinski definition) is 0. The van der Waals surface area contributed by atoms with Gasteiger partial charge in [0.15, 0.2) is 0 Å². The van der Waals surface area contributed by atoms with Crippen molar-refractivity contribution in [2.24, 2.45) is 0 Å². The summed E-state index contributed by atoms with van der Waals surface area (Å²) >= 11 is -1.44. The summed E-state index contributed by atoms with van der Waals surface area (Å²) in [4.78, 5) is 0. The predicted molar refractivity (Wildman–Crippen MR) is 47.7 cm³/mol. The fraction of sp³-hybridized carbons (Fsp3) is 1.00. The van der Waals surface area contributed by atoms with Gasteiger partial charge in [-0.25, -0.2) is 0 Å². The minimum absolute atomic E-state index is 1.44. The molecule has 0 heterocycles. The molecule has 9 heavy (non-hydrogen) atoms. The molecule has 0 amide bonds. The molecule has 0 aliphatic rings. The molecule has 57 valence electrons. The summed E-state index contributed by atoms with van der Waals surface area (Å²) in [7, 11) is 0. The molecule has 0 spiro atoms. The van der Waals surface area contributed by atoms with Crippen molar-refractivity contribution in [3.63, 3.8) is 0 Å². The second kappa shape index (κ2) is 4.66. The molecule has 0 N–H and O–H groups in total. The van der Waals surface area contributed by atoms with Crippen LogP contribution in [0.2, 0.25) is 16.5 Å². The molecule has 0 rings (SSSR count). The van der Waals surface area contributed by atoms with E-state index in [4.69, 9.17) is 0 Å². The summed E-state index contributed by atoms with van der Waals surface area (Å²) in [6, 6.07) is 0. The van der Waals surface area contributed by atoms with E-state index in [-0.39, 0.29) is 0 Å². The Labute approximate surface area is 64.4 Å². The van der Waals surface area contributed by atoms with Crippen molar-refractivity contribution in [3.05, 3.63) is 0 Å². The molecular formula is C8H20Bi. The second-order valence-corrected chi connectivity index (χ2v) is 22.9. The Hall–Kier alpha value is 0.883. The summed E-state index contributed by atoms with van der Waals surface area (Å²) in [6.45, 7) is 9.59. The van der Waals surface area contributed by atoms with Crippen LogP contribution in [0.1, 0.15) is 27.7 Å². The van der Waals surface area contributed by atoms with Crippen molar-refractivity contribution in [2.45, 2.75) is 44.2 Å². The predicted octanol–water partition coefficient (Wildman–Crippen LogP) is 3.51. The summed E-state index contributed by atoms with van der Waals surface area (Å²) in [5, 5.41) is 0. The van der Waals surface area contributed by atoms with E-state index in [9.17, 15) is 0 Å². The zero-order valence-corrected chi connectivity index (χ0v) is 10.8. The van der Waals surface area contributed by atoms with Crippen LogP contribution in [-0.4, -0.2) is 20.3 Å². The Morgan fingerprint density at radius 2 is 0.889 bits per heavy atom. The standard InChI is InChI=1S/4C2H5.Bi/c4*1-2;/h4*1H2,2H3;. The first-order chi connectivity index (χ1) is 4.24. The quantitative estimate of drug-likeness (QED) is 0.694. The second-order valence-electron chi connectivity index (χ2n) is 2.61. The van der Waals surface area contributed by atoms with Gasteiger partial charge in [0.1, 0.15) is 0 Å². The maximum atomic E-state index is 2.40. The van der Waals surface area contributed by atoms with E-state index in [1.807, 2.05) is 0 Å². The topological polar surface area (TPSA) is 0 Å². The van der Waals surface area contributed by atoms with E-state index in [0.717, 1.165) is 0 Å². The average Bonchev–Trinajstić information content (AvgIpc) is 1.95. The fourth-order valence-corrected chi connectivity index (χ4v) is 11.8. The molecule has 0 aromatic heterocycles. The third-order valence-corrected chi connectivity index (χ3v) is 23.5. The Morgan fingerprint density at radius 1 is 0.667 bits per heavy atom. The summed E-state index contributed by atoms with van der Waals surface area (Å²) < 4.78 is 6.24. The Balaban J connectivity index is 3.82. The van der Waals surface area contributed by atoms with Gasteiger partial charge in [-0.3, -0.25) is 0 Å². The summed E-state index contributed by atoms with van der Waals surface area (Å²) in [5.41, 5.74) is 0. The van der Waals surface area contributed by atoms with Crippen molar-refractivity contribution >= 4 is 20.3 Å². The van der Waals surface area contributed by atoms with Gasteiger partial charge >= 0.3 is 64.5 Å². The summed E-state index contributed by atoms with van der Waals surface area (Å²) in [6.07, 6.45) is 0. The van der Waals surface area contributed by atoms with E-state index in [0.29, 0.717) is 0 Å². The molecule has 0 aliphatic carbocycles. The van der Waals surface area contributed by atoms with Gasteiger partial charge in [-0.1, -0.05) is 0 Å². The van der Waals surface area contributed by atoms with Gasteiger partial charge < -0.3 is 0 Å². The Kier molecular flexibility index (Phi) is 5.12. The van der Waals surface area contributed by atoms with E-state index >= 15 is 0 Å². The molecule has 1 radical (unpaired) electrons. The van der Waals surface area contributed by atoms with Crippen LogP contribution in [0.25, 0.3) is 0 Å². The van der Waals surface area contributed by atoms with Crippen LogP contribution in [0.15, 0.2) is 0 Å². The van der Waals surface area contributed by atoms with Gasteiger partial charge in [0, 0.05) is 0 Å².